The standard InChI is InChI=1S/C16H21N3O2S/c1-11-4-5-14(21-11)15-17-13(10-22-15)16(20)19-8-6-12(7-9-19)18(2)3/h4-5,10,12H,6-9H2,1-3H3. The first-order chi connectivity index (χ1) is 10.5. The van der Waals surface area contributed by atoms with Gasteiger partial charge in [-0.25, -0.2) is 4.98 Å². The Kier molecular flexibility index (Phi) is 4.31. The molecule has 0 N–H and O–H groups in total. The summed E-state index contributed by atoms with van der Waals surface area (Å²) in [7, 11) is 4.19. The third-order valence-corrected chi connectivity index (χ3v) is 5.01. The summed E-state index contributed by atoms with van der Waals surface area (Å²) in [5.41, 5.74) is 0.525. The Hall–Kier alpha value is -1.66. The zero-order valence-electron chi connectivity index (χ0n) is 13.2. The molecule has 0 atom stereocenters. The van der Waals surface area contributed by atoms with Crippen molar-refractivity contribution in [1.29, 1.82) is 0 Å². The van der Waals surface area contributed by atoms with E-state index in [0.717, 1.165) is 42.5 Å². The van der Waals surface area contributed by atoms with Crippen molar-refractivity contribution in [3.8, 4) is 10.8 Å². The molecule has 0 unspecified atom stereocenters. The molecule has 0 spiro atoms. The number of rotatable bonds is 3. The van der Waals surface area contributed by atoms with E-state index >= 15 is 0 Å². The number of aryl methyl sites for hydroxylation is 1. The summed E-state index contributed by atoms with van der Waals surface area (Å²) in [6.07, 6.45) is 2.04. The summed E-state index contributed by atoms with van der Waals surface area (Å²) < 4.78 is 5.57. The van der Waals surface area contributed by atoms with Gasteiger partial charge in [-0.3, -0.25) is 4.79 Å². The molecule has 0 saturated carbocycles. The maximum Gasteiger partial charge on any atom is 0.273 e. The zero-order chi connectivity index (χ0) is 15.7. The van der Waals surface area contributed by atoms with Crippen LogP contribution in [0.4, 0.5) is 0 Å². The molecule has 1 fully saturated rings. The average Bonchev–Trinajstić information content (AvgIpc) is 3.15. The van der Waals surface area contributed by atoms with Gasteiger partial charge in [0.05, 0.1) is 0 Å². The van der Waals surface area contributed by atoms with Crippen LogP contribution < -0.4 is 0 Å². The Labute approximate surface area is 134 Å². The van der Waals surface area contributed by atoms with Crippen LogP contribution >= 0.6 is 11.3 Å². The smallest absolute Gasteiger partial charge is 0.273 e. The number of likely N-dealkylation sites (tertiary alicyclic amines) is 1. The lowest BCUT2D eigenvalue weighted by Crippen LogP contribution is -2.44. The molecule has 0 aromatic carbocycles. The Morgan fingerprint density at radius 3 is 2.68 bits per heavy atom. The van der Waals surface area contributed by atoms with Crippen LogP contribution in [-0.4, -0.2) is 53.9 Å². The fourth-order valence-corrected chi connectivity index (χ4v) is 3.54. The van der Waals surface area contributed by atoms with E-state index in [9.17, 15) is 4.79 Å². The summed E-state index contributed by atoms with van der Waals surface area (Å²) in [5.74, 6) is 1.61. The molecule has 2 aromatic heterocycles. The lowest BCUT2D eigenvalue weighted by Gasteiger charge is -2.34. The van der Waals surface area contributed by atoms with Crippen molar-refractivity contribution in [3.05, 3.63) is 29.0 Å². The second-order valence-corrected chi connectivity index (χ2v) is 6.79. The molecule has 6 heteroatoms. The van der Waals surface area contributed by atoms with E-state index in [-0.39, 0.29) is 5.91 Å². The lowest BCUT2D eigenvalue weighted by molar-refractivity contribution is 0.0658. The number of hydrogen-bond acceptors (Lipinski definition) is 5. The van der Waals surface area contributed by atoms with Crippen LogP contribution in [0, 0.1) is 6.92 Å². The molecule has 1 aliphatic rings. The molecule has 0 radical (unpaired) electrons. The quantitative estimate of drug-likeness (QED) is 0.873. The van der Waals surface area contributed by atoms with Crippen molar-refractivity contribution in [2.24, 2.45) is 0 Å². The van der Waals surface area contributed by atoms with Crippen molar-refractivity contribution >= 4 is 17.2 Å². The third-order valence-electron chi connectivity index (χ3n) is 4.16. The predicted octanol–water partition coefficient (Wildman–Crippen LogP) is 2.88. The topological polar surface area (TPSA) is 49.6 Å². The van der Waals surface area contributed by atoms with E-state index < -0.39 is 0 Å². The summed E-state index contributed by atoms with van der Waals surface area (Å²) >= 11 is 1.45. The number of furan rings is 1. The minimum absolute atomic E-state index is 0.0305. The maximum absolute atomic E-state index is 12.6. The minimum Gasteiger partial charge on any atom is -0.459 e. The molecule has 0 aliphatic carbocycles. The Morgan fingerprint density at radius 2 is 2.09 bits per heavy atom. The normalized spacial score (nSPS) is 16.5. The largest absolute Gasteiger partial charge is 0.459 e. The van der Waals surface area contributed by atoms with Crippen molar-refractivity contribution in [3.63, 3.8) is 0 Å². The van der Waals surface area contributed by atoms with E-state index in [1.807, 2.05) is 29.3 Å². The molecule has 118 valence electrons. The van der Waals surface area contributed by atoms with Gasteiger partial charge in [-0.15, -0.1) is 11.3 Å². The molecule has 5 nitrogen and oxygen atoms in total. The fourth-order valence-electron chi connectivity index (χ4n) is 2.78. The van der Waals surface area contributed by atoms with Gasteiger partial charge < -0.3 is 14.2 Å². The first-order valence-corrected chi connectivity index (χ1v) is 8.40. The van der Waals surface area contributed by atoms with Crippen LogP contribution in [0.1, 0.15) is 29.1 Å². The Balaban J connectivity index is 1.67. The number of carbonyl (C=O) groups is 1. The van der Waals surface area contributed by atoms with Gasteiger partial charge in [-0.05, 0) is 46.0 Å². The first kappa shape index (κ1) is 15.2. The average molecular weight is 319 g/mol. The number of aromatic nitrogens is 1. The van der Waals surface area contributed by atoms with E-state index in [1.54, 1.807) is 0 Å². The van der Waals surface area contributed by atoms with Gasteiger partial charge in [0.25, 0.3) is 5.91 Å². The SMILES string of the molecule is Cc1ccc(-c2nc(C(=O)N3CCC(N(C)C)CC3)cs2)o1. The van der Waals surface area contributed by atoms with Gasteiger partial charge in [0.2, 0.25) is 0 Å². The maximum atomic E-state index is 12.6. The van der Waals surface area contributed by atoms with E-state index in [0.29, 0.717) is 11.7 Å². The van der Waals surface area contributed by atoms with Crippen molar-refractivity contribution in [2.75, 3.05) is 27.2 Å². The third kappa shape index (κ3) is 3.08. The number of carbonyl (C=O) groups excluding carboxylic acids is 1. The molecule has 0 bridgehead atoms. The van der Waals surface area contributed by atoms with Gasteiger partial charge in [-0.2, -0.15) is 0 Å². The molecule has 22 heavy (non-hydrogen) atoms. The summed E-state index contributed by atoms with van der Waals surface area (Å²) in [6, 6.07) is 4.37. The zero-order valence-corrected chi connectivity index (χ0v) is 14.0. The molecule has 1 amide bonds. The molecular weight excluding hydrogens is 298 g/mol. The van der Waals surface area contributed by atoms with Crippen molar-refractivity contribution < 1.29 is 9.21 Å². The number of thiazole rings is 1. The molecule has 3 rings (SSSR count). The van der Waals surface area contributed by atoms with Gasteiger partial charge in [0.1, 0.15) is 11.5 Å². The molecular formula is C16H21N3O2S. The lowest BCUT2D eigenvalue weighted by atomic mass is 10.0. The number of amides is 1. The first-order valence-electron chi connectivity index (χ1n) is 7.52. The van der Waals surface area contributed by atoms with Gasteiger partial charge in [-0.1, -0.05) is 0 Å². The van der Waals surface area contributed by atoms with Crippen molar-refractivity contribution in [2.45, 2.75) is 25.8 Å². The highest BCUT2D eigenvalue weighted by molar-refractivity contribution is 7.13. The second-order valence-electron chi connectivity index (χ2n) is 5.94. The molecule has 1 saturated heterocycles. The van der Waals surface area contributed by atoms with Gasteiger partial charge in [0.15, 0.2) is 10.8 Å². The molecule has 1 aliphatic heterocycles. The number of nitrogens with zero attached hydrogens (tertiary/aromatic N) is 3. The van der Waals surface area contributed by atoms with Crippen LogP contribution in [0.15, 0.2) is 21.9 Å². The highest BCUT2D eigenvalue weighted by Crippen LogP contribution is 2.26. The van der Waals surface area contributed by atoms with Crippen LogP contribution in [0.2, 0.25) is 0 Å². The monoisotopic (exact) mass is 319 g/mol. The van der Waals surface area contributed by atoms with Crippen molar-refractivity contribution in [1.82, 2.24) is 14.8 Å². The summed E-state index contributed by atoms with van der Waals surface area (Å²) in [4.78, 5) is 21.1. The highest BCUT2D eigenvalue weighted by atomic mass is 32.1. The van der Waals surface area contributed by atoms with E-state index in [1.165, 1.54) is 11.3 Å². The minimum atomic E-state index is 0.0305. The number of hydrogen-bond donors (Lipinski definition) is 0. The summed E-state index contributed by atoms with van der Waals surface area (Å²) in [6.45, 7) is 3.50. The molecule has 2 aromatic rings. The van der Waals surface area contributed by atoms with E-state index in [4.69, 9.17) is 4.42 Å². The molecule has 3 heterocycles. The summed E-state index contributed by atoms with van der Waals surface area (Å²) in [5, 5.41) is 2.59. The van der Waals surface area contributed by atoms with Gasteiger partial charge in [0, 0.05) is 24.5 Å². The fraction of sp³-hybridized carbons (Fsp3) is 0.500. The van der Waals surface area contributed by atoms with Crippen LogP contribution in [0.25, 0.3) is 10.8 Å². The number of piperidine rings is 1. The highest BCUT2D eigenvalue weighted by Gasteiger charge is 2.26. The van der Waals surface area contributed by atoms with E-state index in [2.05, 4.69) is 24.0 Å². The Bertz CT molecular complexity index is 654. The van der Waals surface area contributed by atoms with Crippen LogP contribution in [0.3, 0.4) is 0 Å². The van der Waals surface area contributed by atoms with Gasteiger partial charge >= 0.3 is 0 Å². The van der Waals surface area contributed by atoms with Crippen LogP contribution in [-0.2, 0) is 0 Å². The second kappa shape index (κ2) is 6.22. The predicted molar refractivity (Wildman–Crippen MR) is 87.2 cm³/mol. The Morgan fingerprint density at radius 1 is 1.36 bits per heavy atom. The van der Waals surface area contributed by atoms with Crippen LogP contribution in [0.5, 0.6) is 0 Å².